The highest BCUT2D eigenvalue weighted by Gasteiger charge is 2.29. The van der Waals surface area contributed by atoms with Gasteiger partial charge in [-0.2, -0.15) is 8.42 Å². The summed E-state index contributed by atoms with van der Waals surface area (Å²) in [5, 5.41) is 7.10. The highest BCUT2D eigenvalue weighted by Crippen LogP contribution is 2.15. The lowest BCUT2D eigenvalue weighted by Crippen LogP contribution is -2.29. The maximum absolute atomic E-state index is 10.9. The molecular formula is C18H36O5S. The smallest absolute Gasteiger partial charge is 0.324 e. The molecule has 0 aliphatic carbocycles. The van der Waals surface area contributed by atoms with E-state index < -0.39 is 21.3 Å². The Morgan fingerprint density at radius 2 is 1.08 bits per heavy atom. The van der Waals surface area contributed by atoms with Crippen molar-refractivity contribution in [3.05, 3.63) is 0 Å². The number of unbranched alkanes of at least 4 members (excludes halogenated alkanes) is 13. The molecule has 0 saturated carbocycles. The van der Waals surface area contributed by atoms with Crippen LogP contribution >= 0.6 is 0 Å². The van der Waals surface area contributed by atoms with Gasteiger partial charge in [-0.05, 0) is 6.42 Å². The Balaban J connectivity index is 3.38. The maximum atomic E-state index is 10.9. The fourth-order valence-corrected chi connectivity index (χ4v) is 3.64. The predicted octanol–water partition coefficient (Wildman–Crippen LogP) is 5.20. The van der Waals surface area contributed by atoms with Gasteiger partial charge < -0.3 is 5.11 Å². The van der Waals surface area contributed by atoms with E-state index in [1.54, 1.807) is 0 Å². The summed E-state index contributed by atoms with van der Waals surface area (Å²) in [4.78, 5) is 10.8. The molecule has 0 amide bonds. The van der Waals surface area contributed by atoms with Crippen LogP contribution in [0.15, 0.2) is 0 Å². The van der Waals surface area contributed by atoms with Gasteiger partial charge in [0.05, 0.1) is 0 Å². The van der Waals surface area contributed by atoms with Crippen molar-refractivity contribution in [1.29, 1.82) is 0 Å². The van der Waals surface area contributed by atoms with Gasteiger partial charge >= 0.3 is 5.97 Å². The molecule has 24 heavy (non-hydrogen) atoms. The molecule has 0 aliphatic rings. The van der Waals surface area contributed by atoms with Crippen molar-refractivity contribution in [2.75, 3.05) is 0 Å². The quantitative estimate of drug-likeness (QED) is 0.273. The number of hydrogen-bond acceptors (Lipinski definition) is 3. The summed E-state index contributed by atoms with van der Waals surface area (Å²) < 4.78 is 30.7. The third kappa shape index (κ3) is 13.8. The molecule has 0 fully saturated rings. The molecule has 0 heterocycles. The topological polar surface area (TPSA) is 91.7 Å². The Bertz CT molecular complexity index is 406. The van der Waals surface area contributed by atoms with Gasteiger partial charge in [0.15, 0.2) is 5.25 Å². The zero-order valence-corrected chi connectivity index (χ0v) is 16.0. The average Bonchev–Trinajstić information content (AvgIpc) is 2.49. The van der Waals surface area contributed by atoms with E-state index in [0.29, 0.717) is 6.42 Å². The zero-order chi connectivity index (χ0) is 18.3. The fourth-order valence-electron chi connectivity index (χ4n) is 2.92. The molecule has 6 heteroatoms. The Labute approximate surface area is 148 Å². The average molecular weight is 365 g/mol. The molecule has 0 aromatic carbocycles. The SMILES string of the molecule is CCCCCCCCCCCCCCCC[C@@H](C(=O)O)S(=O)(=O)O. The van der Waals surface area contributed by atoms with Gasteiger partial charge in [-0.25, -0.2) is 0 Å². The van der Waals surface area contributed by atoms with Crippen molar-refractivity contribution < 1.29 is 22.9 Å². The monoisotopic (exact) mass is 364 g/mol. The lowest BCUT2D eigenvalue weighted by molar-refractivity contribution is -0.136. The van der Waals surface area contributed by atoms with Crippen LogP contribution < -0.4 is 0 Å². The van der Waals surface area contributed by atoms with Crippen LogP contribution in [-0.2, 0) is 14.9 Å². The second-order valence-corrected chi connectivity index (χ2v) is 8.33. The first-order valence-electron chi connectivity index (χ1n) is 9.58. The third-order valence-electron chi connectivity index (χ3n) is 4.45. The maximum Gasteiger partial charge on any atom is 0.324 e. The minimum absolute atomic E-state index is 0.00774. The van der Waals surface area contributed by atoms with Crippen molar-refractivity contribution in [3.63, 3.8) is 0 Å². The Morgan fingerprint density at radius 3 is 1.38 bits per heavy atom. The first-order valence-corrected chi connectivity index (χ1v) is 11.1. The van der Waals surface area contributed by atoms with Crippen LogP contribution in [0.1, 0.15) is 103 Å². The molecule has 1 atom stereocenters. The van der Waals surface area contributed by atoms with Crippen LogP contribution in [0.3, 0.4) is 0 Å². The van der Waals surface area contributed by atoms with Crippen LogP contribution in [0.5, 0.6) is 0 Å². The number of carboxylic acid groups (broad SMARTS) is 1. The largest absolute Gasteiger partial charge is 0.480 e. The number of carboxylic acids is 1. The third-order valence-corrected chi connectivity index (χ3v) is 5.61. The molecule has 2 N–H and O–H groups in total. The number of aliphatic carboxylic acids is 1. The number of rotatable bonds is 17. The van der Waals surface area contributed by atoms with Gasteiger partial charge in [0.25, 0.3) is 10.1 Å². The van der Waals surface area contributed by atoms with Crippen molar-refractivity contribution in [1.82, 2.24) is 0 Å². The summed E-state index contributed by atoms with van der Waals surface area (Å²) in [6.45, 7) is 2.24. The molecule has 0 radical (unpaired) electrons. The van der Waals surface area contributed by atoms with Gasteiger partial charge in [-0.1, -0.05) is 96.8 Å². The molecule has 5 nitrogen and oxygen atoms in total. The summed E-state index contributed by atoms with van der Waals surface area (Å²) in [6, 6.07) is 0. The summed E-state index contributed by atoms with van der Waals surface area (Å²) >= 11 is 0. The fraction of sp³-hybridized carbons (Fsp3) is 0.944. The van der Waals surface area contributed by atoms with Crippen LogP contribution in [0.4, 0.5) is 0 Å². The van der Waals surface area contributed by atoms with Crippen LogP contribution in [0, 0.1) is 0 Å². The van der Waals surface area contributed by atoms with E-state index in [9.17, 15) is 13.2 Å². The minimum atomic E-state index is -4.48. The van der Waals surface area contributed by atoms with E-state index in [4.69, 9.17) is 9.66 Å². The number of carbonyl (C=O) groups is 1. The molecule has 0 bridgehead atoms. The standard InChI is InChI=1S/C18H36O5S/c1-2-3-4-5-6-7-8-9-10-11-12-13-14-15-16-17(18(19)20)24(21,22)23/h17H,2-16H2,1H3,(H,19,20)(H,21,22,23)/t17-/m0/s1. The minimum Gasteiger partial charge on any atom is -0.480 e. The molecule has 0 saturated heterocycles. The van der Waals surface area contributed by atoms with Gasteiger partial charge in [-0.15, -0.1) is 0 Å². The van der Waals surface area contributed by atoms with E-state index in [1.807, 2.05) is 0 Å². The van der Waals surface area contributed by atoms with Crippen LogP contribution in [0.25, 0.3) is 0 Å². The first-order chi connectivity index (χ1) is 11.4. The zero-order valence-electron chi connectivity index (χ0n) is 15.2. The normalized spacial score (nSPS) is 13.1. The van der Waals surface area contributed by atoms with Gasteiger partial charge in [0.1, 0.15) is 0 Å². The van der Waals surface area contributed by atoms with E-state index in [1.165, 1.54) is 64.2 Å². The van der Waals surface area contributed by atoms with E-state index in [2.05, 4.69) is 6.92 Å². The molecule has 0 aromatic rings. The first kappa shape index (κ1) is 23.4. The molecule has 0 rings (SSSR count). The second kappa shape index (κ2) is 14.7. The van der Waals surface area contributed by atoms with Crippen molar-refractivity contribution in [3.8, 4) is 0 Å². The van der Waals surface area contributed by atoms with Crippen molar-refractivity contribution >= 4 is 16.1 Å². The van der Waals surface area contributed by atoms with Gasteiger partial charge in [-0.3, -0.25) is 9.35 Å². The lowest BCUT2D eigenvalue weighted by Gasteiger charge is -2.08. The van der Waals surface area contributed by atoms with Gasteiger partial charge in [0, 0.05) is 0 Å². The van der Waals surface area contributed by atoms with Crippen LogP contribution in [-0.4, -0.2) is 29.3 Å². The molecular weight excluding hydrogens is 328 g/mol. The highest BCUT2D eigenvalue weighted by molar-refractivity contribution is 7.87. The second-order valence-electron chi connectivity index (χ2n) is 6.73. The Kier molecular flexibility index (Phi) is 14.3. The molecule has 0 spiro atoms. The Morgan fingerprint density at radius 1 is 0.750 bits per heavy atom. The van der Waals surface area contributed by atoms with Crippen LogP contribution in [0.2, 0.25) is 0 Å². The van der Waals surface area contributed by atoms with E-state index in [0.717, 1.165) is 19.3 Å². The van der Waals surface area contributed by atoms with Crippen molar-refractivity contribution in [2.45, 2.75) is 108 Å². The lowest BCUT2D eigenvalue weighted by atomic mass is 10.0. The van der Waals surface area contributed by atoms with E-state index >= 15 is 0 Å². The summed E-state index contributed by atoms with van der Waals surface area (Å²) in [6.07, 6.45) is 16.6. The van der Waals surface area contributed by atoms with Gasteiger partial charge in [0.2, 0.25) is 0 Å². The molecule has 0 unspecified atom stereocenters. The molecule has 0 aromatic heterocycles. The summed E-state index contributed by atoms with van der Waals surface area (Å²) in [5.74, 6) is -1.47. The highest BCUT2D eigenvalue weighted by atomic mass is 32.2. The number of hydrogen-bond donors (Lipinski definition) is 2. The van der Waals surface area contributed by atoms with E-state index in [-0.39, 0.29) is 6.42 Å². The molecule has 144 valence electrons. The summed E-state index contributed by atoms with van der Waals surface area (Å²) in [5.41, 5.74) is 0. The Hall–Kier alpha value is -0.620. The molecule has 0 aliphatic heterocycles. The predicted molar refractivity (Wildman–Crippen MR) is 97.9 cm³/mol. The van der Waals surface area contributed by atoms with Crippen molar-refractivity contribution in [2.24, 2.45) is 0 Å². The summed E-state index contributed by atoms with van der Waals surface area (Å²) in [7, 11) is -4.48.